The molecule has 5 aromatic rings. The number of fused-ring (bicyclic) bond motifs is 6. The number of rotatable bonds is 2. The zero-order valence-corrected chi connectivity index (χ0v) is 18.8. The van der Waals surface area contributed by atoms with Gasteiger partial charge in [0.1, 0.15) is 0 Å². The number of benzene rings is 5. The first-order chi connectivity index (χ1) is 15.9. The molecule has 0 N–H and O–H groups in total. The van der Waals surface area contributed by atoms with Crippen LogP contribution in [0.5, 0.6) is 0 Å². The molecule has 5 aromatic carbocycles. The first-order valence-corrected chi connectivity index (χ1v) is 13.3. The molecule has 0 nitrogen and oxygen atoms in total. The monoisotopic (exact) mass is 422 g/mol. The van der Waals surface area contributed by atoms with Crippen molar-refractivity contribution in [3.63, 3.8) is 0 Å². The van der Waals surface area contributed by atoms with Gasteiger partial charge in [0.2, 0.25) is 0 Å². The molecule has 0 spiro atoms. The van der Waals surface area contributed by atoms with Crippen LogP contribution in [0.15, 0.2) is 121 Å². The average molecular weight is 423 g/mol. The molecule has 7 rings (SSSR count). The van der Waals surface area contributed by atoms with Crippen LogP contribution in [0.2, 0.25) is 0 Å². The highest BCUT2D eigenvalue weighted by Gasteiger charge is 2.49. The molecule has 0 radical (unpaired) electrons. The second kappa shape index (κ2) is 6.66. The summed E-state index contributed by atoms with van der Waals surface area (Å²) in [7, 11) is -2.42. The summed E-state index contributed by atoms with van der Waals surface area (Å²) in [5, 5.41) is 6.07. The summed E-state index contributed by atoms with van der Waals surface area (Å²) in [5.74, 6) is 0. The zero-order chi connectivity index (χ0) is 21.1. The van der Waals surface area contributed by atoms with Gasteiger partial charge in [-0.2, -0.15) is 0 Å². The molecule has 1 aliphatic carbocycles. The molecular formula is C31H22Si. The highest BCUT2D eigenvalue weighted by Crippen LogP contribution is 2.37. The van der Waals surface area contributed by atoms with Gasteiger partial charge in [0.05, 0.1) is 0 Å². The third-order valence-electron chi connectivity index (χ3n) is 7.41. The molecule has 1 heterocycles. The molecule has 1 aliphatic heterocycles. The van der Waals surface area contributed by atoms with Crippen molar-refractivity contribution in [3.8, 4) is 22.3 Å². The van der Waals surface area contributed by atoms with Crippen LogP contribution in [-0.2, 0) is 6.42 Å². The zero-order valence-electron chi connectivity index (χ0n) is 17.8. The van der Waals surface area contributed by atoms with Gasteiger partial charge in [0.25, 0.3) is 0 Å². The standard InChI is InChI=1S/C31H22Si/c1-2-12-23(13-3-1)32(29-18-8-6-15-26(29)27-16-7-9-19-30(27)32)31-20-10-17-25-24-14-5-4-11-22(24)21-28(25)31/h1-20H,21H2. The minimum Gasteiger partial charge on any atom is -0.0623 e. The topological polar surface area (TPSA) is 0 Å². The van der Waals surface area contributed by atoms with Crippen molar-refractivity contribution in [3.05, 3.63) is 132 Å². The van der Waals surface area contributed by atoms with Crippen molar-refractivity contribution < 1.29 is 0 Å². The van der Waals surface area contributed by atoms with Gasteiger partial charge >= 0.3 is 0 Å². The Hall–Kier alpha value is -3.68. The largest absolute Gasteiger partial charge is 0.181 e. The van der Waals surface area contributed by atoms with Gasteiger partial charge in [0.15, 0.2) is 8.07 Å². The number of hydrogen-bond acceptors (Lipinski definition) is 0. The highest BCUT2D eigenvalue weighted by atomic mass is 28.3. The van der Waals surface area contributed by atoms with Crippen LogP contribution in [0.3, 0.4) is 0 Å². The van der Waals surface area contributed by atoms with Gasteiger partial charge < -0.3 is 0 Å². The predicted molar refractivity (Wildman–Crippen MR) is 137 cm³/mol. The lowest BCUT2D eigenvalue weighted by Gasteiger charge is -2.33. The molecule has 32 heavy (non-hydrogen) atoms. The van der Waals surface area contributed by atoms with Crippen molar-refractivity contribution in [1.29, 1.82) is 0 Å². The van der Waals surface area contributed by atoms with Crippen molar-refractivity contribution >= 4 is 28.8 Å². The van der Waals surface area contributed by atoms with E-state index >= 15 is 0 Å². The summed E-state index contributed by atoms with van der Waals surface area (Å²) < 4.78 is 0. The lowest BCUT2D eigenvalue weighted by atomic mass is 10.1. The molecule has 0 saturated heterocycles. The Morgan fingerprint density at radius 1 is 0.406 bits per heavy atom. The van der Waals surface area contributed by atoms with Crippen LogP contribution >= 0.6 is 0 Å². The van der Waals surface area contributed by atoms with Crippen LogP contribution < -0.4 is 20.7 Å². The van der Waals surface area contributed by atoms with E-state index in [0.29, 0.717) is 0 Å². The van der Waals surface area contributed by atoms with Crippen LogP contribution in [-0.4, -0.2) is 8.07 Å². The van der Waals surface area contributed by atoms with E-state index in [-0.39, 0.29) is 0 Å². The Kier molecular flexibility index (Phi) is 3.73. The molecular weight excluding hydrogens is 400 g/mol. The molecule has 1 heteroatoms. The second-order valence-electron chi connectivity index (χ2n) is 8.87. The fourth-order valence-corrected chi connectivity index (χ4v) is 11.6. The Balaban J connectivity index is 1.64. The minimum absolute atomic E-state index is 1.02. The Labute approximate surface area is 189 Å². The molecule has 150 valence electrons. The summed E-state index contributed by atoms with van der Waals surface area (Å²) in [5.41, 5.74) is 8.62. The maximum absolute atomic E-state index is 2.43. The van der Waals surface area contributed by atoms with E-state index in [4.69, 9.17) is 0 Å². The lowest BCUT2D eigenvalue weighted by Crippen LogP contribution is -2.73. The Morgan fingerprint density at radius 2 is 0.938 bits per heavy atom. The number of hydrogen-bond donors (Lipinski definition) is 0. The van der Waals surface area contributed by atoms with Gasteiger partial charge in [-0.15, -0.1) is 0 Å². The van der Waals surface area contributed by atoms with Gasteiger partial charge in [-0.05, 0) is 60.5 Å². The highest BCUT2D eigenvalue weighted by molar-refractivity contribution is 7.22. The predicted octanol–water partition coefficient (Wildman–Crippen LogP) is 4.62. The van der Waals surface area contributed by atoms with Crippen LogP contribution in [0, 0.1) is 0 Å². The quantitative estimate of drug-likeness (QED) is 0.357. The van der Waals surface area contributed by atoms with Crippen molar-refractivity contribution in [2.45, 2.75) is 6.42 Å². The summed E-state index contributed by atoms with van der Waals surface area (Å²) in [6, 6.07) is 45.6. The fourth-order valence-electron chi connectivity index (χ4n) is 6.19. The van der Waals surface area contributed by atoms with Crippen LogP contribution in [0.4, 0.5) is 0 Å². The molecule has 0 aromatic heterocycles. The van der Waals surface area contributed by atoms with Gasteiger partial charge in [-0.25, -0.2) is 0 Å². The molecule has 0 saturated carbocycles. The summed E-state index contributed by atoms with van der Waals surface area (Å²) >= 11 is 0. The maximum Gasteiger partial charge on any atom is 0.181 e. The van der Waals surface area contributed by atoms with E-state index in [2.05, 4.69) is 121 Å². The third kappa shape index (κ3) is 2.21. The normalized spacial score (nSPS) is 14.4. The first kappa shape index (κ1) is 17.9. The van der Waals surface area contributed by atoms with Gasteiger partial charge in [-0.3, -0.25) is 0 Å². The van der Waals surface area contributed by atoms with E-state index in [1.807, 2.05) is 0 Å². The van der Waals surface area contributed by atoms with E-state index in [9.17, 15) is 0 Å². The molecule has 0 atom stereocenters. The van der Waals surface area contributed by atoms with Crippen molar-refractivity contribution in [2.75, 3.05) is 0 Å². The molecule has 0 unspecified atom stereocenters. The molecule has 0 amide bonds. The summed E-state index contributed by atoms with van der Waals surface area (Å²) in [6.45, 7) is 0. The molecule has 0 fully saturated rings. The van der Waals surface area contributed by atoms with Gasteiger partial charge in [0, 0.05) is 0 Å². The third-order valence-corrected chi connectivity index (χ3v) is 12.4. The minimum atomic E-state index is -2.42. The van der Waals surface area contributed by atoms with Crippen LogP contribution in [0.25, 0.3) is 22.3 Å². The van der Waals surface area contributed by atoms with Gasteiger partial charge in [-0.1, -0.05) is 121 Å². The Bertz CT molecular complexity index is 1450. The average Bonchev–Trinajstić information content (AvgIpc) is 3.39. The lowest BCUT2D eigenvalue weighted by molar-refractivity contribution is 1.28. The van der Waals surface area contributed by atoms with E-state index in [1.165, 1.54) is 48.9 Å². The summed E-state index contributed by atoms with van der Waals surface area (Å²) in [4.78, 5) is 0. The SMILES string of the molecule is c1ccc([Si]2(c3cccc4c3Cc3ccccc3-4)c3ccccc3-c3ccccc32)cc1. The smallest absolute Gasteiger partial charge is 0.0623 e. The van der Waals surface area contributed by atoms with Crippen molar-refractivity contribution in [2.24, 2.45) is 0 Å². The van der Waals surface area contributed by atoms with E-state index in [1.54, 1.807) is 5.19 Å². The Morgan fingerprint density at radius 3 is 1.66 bits per heavy atom. The fraction of sp³-hybridized carbons (Fsp3) is 0.0323. The van der Waals surface area contributed by atoms with E-state index < -0.39 is 8.07 Å². The van der Waals surface area contributed by atoms with Crippen LogP contribution in [0.1, 0.15) is 11.1 Å². The molecule has 0 bridgehead atoms. The second-order valence-corrected chi connectivity index (χ2v) is 12.6. The molecule has 2 aliphatic rings. The van der Waals surface area contributed by atoms with Crippen molar-refractivity contribution in [1.82, 2.24) is 0 Å². The van der Waals surface area contributed by atoms with E-state index in [0.717, 1.165) is 6.42 Å². The first-order valence-electron chi connectivity index (χ1n) is 11.3. The maximum atomic E-state index is 2.43. The summed E-state index contributed by atoms with van der Waals surface area (Å²) in [6.07, 6.45) is 1.02.